The van der Waals surface area contributed by atoms with Crippen LogP contribution in [0, 0.1) is 5.82 Å². The van der Waals surface area contributed by atoms with E-state index >= 15 is 0 Å². The molecular weight excluding hydrogens is 378 g/mol. The topological polar surface area (TPSA) is 64.6 Å². The van der Waals surface area contributed by atoms with Gasteiger partial charge in [0.15, 0.2) is 24.8 Å². The Hall–Kier alpha value is -1.84. The van der Waals surface area contributed by atoms with Gasteiger partial charge in [0.25, 0.3) is 5.91 Å². The lowest BCUT2D eigenvalue weighted by atomic mass is 10.3. The van der Waals surface area contributed by atoms with Gasteiger partial charge in [0, 0.05) is 4.47 Å². The predicted octanol–water partition coefficient (Wildman–Crippen LogP) is 2.19. The van der Waals surface area contributed by atoms with E-state index in [1.807, 2.05) is 0 Å². The molecule has 1 aromatic rings. The second-order valence-electron chi connectivity index (χ2n) is 3.92. The summed E-state index contributed by atoms with van der Waals surface area (Å²) in [6.45, 7) is -3.10. The van der Waals surface area contributed by atoms with Crippen molar-refractivity contribution < 1.29 is 36.6 Å². The number of rotatable bonds is 6. The third-order valence-electron chi connectivity index (χ3n) is 2.09. The van der Waals surface area contributed by atoms with Crippen molar-refractivity contribution in [3.63, 3.8) is 0 Å². The van der Waals surface area contributed by atoms with Crippen molar-refractivity contribution in [2.45, 2.75) is 6.18 Å². The molecule has 0 saturated heterocycles. The Morgan fingerprint density at radius 2 is 1.91 bits per heavy atom. The van der Waals surface area contributed by atoms with Gasteiger partial charge in [-0.2, -0.15) is 13.2 Å². The zero-order valence-corrected chi connectivity index (χ0v) is 12.5. The van der Waals surface area contributed by atoms with E-state index in [4.69, 9.17) is 4.74 Å². The van der Waals surface area contributed by atoms with Gasteiger partial charge in [0.05, 0.1) is 0 Å². The lowest BCUT2D eigenvalue weighted by molar-refractivity contribution is -0.152. The maximum atomic E-state index is 13.3. The predicted molar refractivity (Wildman–Crippen MR) is 69.6 cm³/mol. The molecule has 0 heterocycles. The number of amides is 1. The molecule has 0 aliphatic heterocycles. The Labute approximate surface area is 130 Å². The Morgan fingerprint density at radius 3 is 2.50 bits per heavy atom. The number of halogens is 5. The fourth-order valence-corrected chi connectivity index (χ4v) is 1.50. The van der Waals surface area contributed by atoms with Gasteiger partial charge in [-0.1, -0.05) is 15.9 Å². The number of nitrogens with one attached hydrogen (secondary N) is 1. The average molecular weight is 388 g/mol. The van der Waals surface area contributed by atoms with Crippen LogP contribution in [0.15, 0.2) is 22.7 Å². The highest BCUT2D eigenvalue weighted by Gasteiger charge is 2.27. The molecule has 1 N–H and O–H groups in total. The highest BCUT2D eigenvalue weighted by Crippen LogP contribution is 2.21. The van der Waals surface area contributed by atoms with Gasteiger partial charge in [-0.05, 0) is 18.2 Å². The number of carbonyl (C=O) groups excluding carboxylic acids is 2. The van der Waals surface area contributed by atoms with Gasteiger partial charge >= 0.3 is 12.1 Å². The van der Waals surface area contributed by atoms with E-state index in [1.54, 1.807) is 0 Å². The monoisotopic (exact) mass is 387 g/mol. The molecule has 0 unspecified atom stereocenters. The Kier molecular flexibility index (Phi) is 6.60. The number of hydrogen-bond donors (Lipinski definition) is 1. The molecular formula is C12H10BrF4NO4. The number of hydrogen-bond acceptors (Lipinski definition) is 4. The van der Waals surface area contributed by atoms with Crippen molar-refractivity contribution in [3.05, 3.63) is 28.5 Å². The molecule has 0 saturated carbocycles. The first-order valence-electron chi connectivity index (χ1n) is 5.74. The molecule has 0 spiro atoms. The van der Waals surface area contributed by atoms with Gasteiger partial charge in [0.2, 0.25) is 0 Å². The Bertz CT molecular complexity index is 550. The van der Waals surface area contributed by atoms with Crippen molar-refractivity contribution in [1.29, 1.82) is 0 Å². The highest BCUT2D eigenvalue weighted by atomic mass is 79.9. The molecule has 0 fully saturated rings. The lowest BCUT2D eigenvalue weighted by Crippen LogP contribution is -2.36. The summed E-state index contributed by atoms with van der Waals surface area (Å²) >= 11 is 3.03. The molecule has 1 aromatic carbocycles. The standard InChI is InChI=1S/C12H10BrF4NO4/c13-7-1-2-9(8(14)3-7)21-5-11(20)22-4-10(19)18-6-12(15,16)17/h1-3H,4-6H2,(H,18,19). The molecule has 0 aromatic heterocycles. The van der Waals surface area contributed by atoms with E-state index in [0.29, 0.717) is 4.47 Å². The first-order valence-corrected chi connectivity index (χ1v) is 6.53. The van der Waals surface area contributed by atoms with Crippen LogP contribution >= 0.6 is 15.9 Å². The zero-order chi connectivity index (χ0) is 16.8. The largest absolute Gasteiger partial charge is 0.479 e. The molecule has 1 amide bonds. The maximum absolute atomic E-state index is 13.3. The summed E-state index contributed by atoms with van der Waals surface area (Å²) in [5.41, 5.74) is 0. The second kappa shape index (κ2) is 7.97. The van der Waals surface area contributed by atoms with E-state index in [9.17, 15) is 27.2 Å². The number of esters is 1. The van der Waals surface area contributed by atoms with Crippen molar-refractivity contribution in [2.75, 3.05) is 19.8 Å². The average Bonchev–Trinajstić information content (AvgIpc) is 2.41. The summed E-state index contributed by atoms with van der Waals surface area (Å²) in [5.74, 6) is -3.06. The fraction of sp³-hybridized carbons (Fsp3) is 0.333. The third kappa shape index (κ3) is 7.25. The molecule has 122 valence electrons. The van der Waals surface area contributed by atoms with E-state index in [-0.39, 0.29) is 5.75 Å². The van der Waals surface area contributed by atoms with Crippen LogP contribution in [-0.4, -0.2) is 37.8 Å². The molecule has 0 radical (unpaired) electrons. The smallest absolute Gasteiger partial charge is 0.405 e. The lowest BCUT2D eigenvalue weighted by Gasteiger charge is -2.09. The minimum absolute atomic E-state index is 0.207. The molecule has 0 atom stereocenters. The highest BCUT2D eigenvalue weighted by molar-refractivity contribution is 9.10. The molecule has 10 heteroatoms. The van der Waals surface area contributed by atoms with Crippen LogP contribution in [0.5, 0.6) is 5.75 Å². The summed E-state index contributed by atoms with van der Waals surface area (Å²) in [6, 6.07) is 3.86. The number of carbonyl (C=O) groups is 2. The third-order valence-corrected chi connectivity index (χ3v) is 2.58. The van der Waals surface area contributed by atoms with Gasteiger partial charge in [0.1, 0.15) is 6.54 Å². The van der Waals surface area contributed by atoms with Crippen molar-refractivity contribution in [3.8, 4) is 5.75 Å². The van der Waals surface area contributed by atoms with Crippen LogP contribution in [0.4, 0.5) is 17.6 Å². The maximum Gasteiger partial charge on any atom is 0.405 e. The van der Waals surface area contributed by atoms with E-state index in [2.05, 4.69) is 20.7 Å². The van der Waals surface area contributed by atoms with Crippen LogP contribution in [0.25, 0.3) is 0 Å². The van der Waals surface area contributed by atoms with E-state index in [0.717, 1.165) is 6.07 Å². The second-order valence-corrected chi connectivity index (χ2v) is 4.83. The van der Waals surface area contributed by atoms with Crippen LogP contribution in [0.2, 0.25) is 0 Å². The van der Waals surface area contributed by atoms with Crippen molar-refractivity contribution >= 4 is 27.8 Å². The molecule has 5 nitrogen and oxygen atoms in total. The van der Waals surface area contributed by atoms with E-state index < -0.39 is 43.6 Å². The Balaban J connectivity index is 2.30. The molecule has 22 heavy (non-hydrogen) atoms. The SMILES string of the molecule is O=C(COC(=O)COc1ccc(Br)cc1F)NCC(F)(F)F. The summed E-state index contributed by atoms with van der Waals surface area (Å²) in [5, 5.41) is 1.52. The van der Waals surface area contributed by atoms with Gasteiger partial charge in [-0.25, -0.2) is 9.18 Å². The molecule has 0 bridgehead atoms. The van der Waals surface area contributed by atoms with E-state index in [1.165, 1.54) is 17.4 Å². The summed E-state index contributed by atoms with van der Waals surface area (Å²) < 4.78 is 58.4. The fourth-order valence-electron chi connectivity index (χ4n) is 1.17. The van der Waals surface area contributed by atoms with Gasteiger partial charge in [-0.15, -0.1) is 0 Å². The molecule has 1 rings (SSSR count). The summed E-state index contributed by atoms with van der Waals surface area (Å²) in [7, 11) is 0. The minimum Gasteiger partial charge on any atom is -0.479 e. The quantitative estimate of drug-likeness (QED) is 0.600. The van der Waals surface area contributed by atoms with Gasteiger partial charge < -0.3 is 14.8 Å². The number of ether oxygens (including phenoxy) is 2. The van der Waals surface area contributed by atoms with Gasteiger partial charge in [-0.3, -0.25) is 4.79 Å². The van der Waals surface area contributed by atoms with Crippen LogP contribution in [0.1, 0.15) is 0 Å². The summed E-state index contributed by atoms with van der Waals surface area (Å²) in [4.78, 5) is 22.2. The van der Waals surface area contributed by atoms with Crippen LogP contribution in [-0.2, 0) is 14.3 Å². The minimum atomic E-state index is -4.55. The van der Waals surface area contributed by atoms with Crippen molar-refractivity contribution in [2.24, 2.45) is 0 Å². The Morgan fingerprint density at radius 1 is 1.23 bits per heavy atom. The number of benzene rings is 1. The van der Waals surface area contributed by atoms with Crippen molar-refractivity contribution in [1.82, 2.24) is 5.32 Å². The first-order chi connectivity index (χ1) is 10.2. The van der Waals surface area contributed by atoms with Crippen LogP contribution in [0.3, 0.4) is 0 Å². The molecule has 0 aliphatic carbocycles. The zero-order valence-electron chi connectivity index (χ0n) is 10.9. The summed E-state index contributed by atoms with van der Waals surface area (Å²) in [6.07, 6.45) is -4.55. The first kappa shape index (κ1) is 18.2. The number of alkyl halides is 3. The molecule has 0 aliphatic rings. The van der Waals surface area contributed by atoms with Crippen LogP contribution < -0.4 is 10.1 Å². The normalized spacial score (nSPS) is 11.0.